The molecular weight excluding hydrogens is 301 g/mol. The van der Waals surface area contributed by atoms with Crippen LogP contribution in [0.2, 0.25) is 0 Å². The Labute approximate surface area is 125 Å². The number of benzene rings is 1. The first-order valence-electron chi connectivity index (χ1n) is 6.70. The maximum absolute atomic E-state index is 11.9. The van der Waals surface area contributed by atoms with Gasteiger partial charge in [-0.1, -0.05) is 13.3 Å². The van der Waals surface area contributed by atoms with Gasteiger partial charge < -0.3 is 15.4 Å². The molecule has 2 N–H and O–H groups in total. The van der Waals surface area contributed by atoms with E-state index in [0.717, 1.165) is 12.8 Å². The minimum absolute atomic E-state index is 0.397. The van der Waals surface area contributed by atoms with Crippen molar-refractivity contribution in [3.8, 4) is 5.75 Å². The van der Waals surface area contributed by atoms with Gasteiger partial charge in [0.15, 0.2) is 0 Å². The van der Waals surface area contributed by atoms with Crippen LogP contribution in [0.15, 0.2) is 24.3 Å². The Kier molecular flexibility index (Phi) is 6.68. The summed E-state index contributed by atoms with van der Waals surface area (Å²) in [6, 6.07) is 6.40. The Hall–Kier alpha value is -2.25. The van der Waals surface area contributed by atoms with E-state index in [9.17, 15) is 22.8 Å². The number of halogens is 3. The predicted molar refractivity (Wildman–Crippen MR) is 74.5 cm³/mol. The van der Waals surface area contributed by atoms with Gasteiger partial charge in [0.25, 0.3) is 0 Å². The van der Waals surface area contributed by atoms with E-state index < -0.39 is 24.5 Å². The molecule has 0 aliphatic carbocycles. The van der Waals surface area contributed by atoms with Crippen LogP contribution in [0.4, 0.5) is 18.9 Å². The highest BCUT2D eigenvalue weighted by molar-refractivity contribution is 5.95. The summed E-state index contributed by atoms with van der Waals surface area (Å²) in [7, 11) is 0. The first-order valence-corrected chi connectivity index (χ1v) is 6.70. The van der Waals surface area contributed by atoms with E-state index in [-0.39, 0.29) is 0 Å². The molecule has 0 fully saturated rings. The number of anilines is 1. The van der Waals surface area contributed by atoms with Crippen LogP contribution in [0.1, 0.15) is 19.8 Å². The van der Waals surface area contributed by atoms with Crippen molar-refractivity contribution in [1.82, 2.24) is 5.32 Å². The van der Waals surface area contributed by atoms with Crippen molar-refractivity contribution < 1.29 is 27.5 Å². The SMILES string of the molecule is CCCCOc1ccc(NC(=O)CNC(=O)C(F)(F)F)cc1. The summed E-state index contributed by atoms with van der Waals surface area (Å²) in [5.41, 5.74) is 0.397. The van der Waals surface area contributed by atoms with Gasteiger partial charge in [0.2, 0.25) is 5.91 Å². The monoisotopic (exact) mass is 318 g/mol. The molecular formula is C14H17F3N2O3. The van der Waals surface area contributed by atoms with Gasteiger partial charge in [-0.05, 0) is 30.7 Å². The fourth-order valence-corrected chi connectivity index (χ4v) is 1.43. The van der Waals surface area contributed by atoms with E-state index >= 15 is 0 Å². The summed E-state index contributed by atoms with van der Waals surface area (Å²) < 4.78 is 41.3. The molecule has 122 valence electrons. The van der Waals surface area contributed by atoms with Gasteiger partial charge >= 0.3 is 12.1 Å². The lowest BCUT2D eigenvalue weighted by atomic mass is 10.3. The Balaban J connectivity index is 2.40. The fraction of sp³-hybridized carbons (Fsp3) is 0.429. The highest BCUT2D eigenvalue weighted by Crippen LogP contribution is 2.16. The summed E-state index contributed by atoms with van der Waals surface area (Å²) in [5.74, 6) is -2.27. The second-order valence-corrected chi connectivity index (χ2v) is 4.46. The van der Waals surface area contributed by atoms with Gasteiger partial charge in [-0.3, -0.25) is 9.59 Å². The number of carbonyl (C=O) groups excluding carboxylic acids is 2. The third-order valence-corrected chi connectivity index (χ3v) is 2.57. The van der Waals surface area contributed by atoms with Crippen molar-refractivity contribution in [2.24, 2.45) is 0 Å². The van der Waals surface area contributed by atoms with Gasteiger partial charge in [-0.2, -0.15) is 13.2 Å². The van der Waals surface area contributed by atoms with E-state index in [0.29, 0.717) is 18.0 Å². The standard InChI is InChI=1S/C14H17F3N2O3/c1-2-3-8-22-11-6-4-10(5-7-11)19-12(20)9-18-13(21)14(15,16)17/h4-7H,2-3,8-9H2,1H3,(H,18,21)(H,19,20). The minimum atomic E-state index is -5.00. The third kappa shape index (κ3) is 6.47. The average molecular weight is 318 g/mol. The molecule has 0 saturated carbocycles. The molecule has 0 aliphatic heterocycles. The molecule has 22 heavy (non-hydrogen) atoms. The molecule has 0 saturated heterocycles. The Morgan fingerprint density at radius 2 is 1.82 bits per heavy atom. The lowest BCUT2D eigenvalue weighted by molar-refractivity contribution is -0.173. The average Bonchev–Trinajstić information content (AvgIpc) is 2.46. The normalized spacial score (nSPS) is 10.9. The smallest absolute Gasteiger partial charge is 0.471 e. The molecule has 0 atom stereocenters. The summed E-state index contributed by atoms with van der Waals surface area (Å²) in [6.45, 7) is 1.87. The molecule has 0 radical (unpaired) electrons. The van der Waals surface area contributed by atoms with Gasteiger partial charge in [-0.25, -0.2) is 0 Å². The van der Waals surface area contributed by atoms with E-state index in [1.54, 1.807) is 24.3 Å². The maximum atomic E-state index is 11.9. The molecule has 1 rings (SSSR count). The molecule has 0 aromatic heterocycles. The number of ether oxygens (including phenoxy) is 1. The highest BCUT2D eigenvalue weighted by Gasteiger charge is 2.38. The van der Waals surface area contributed by atoms with Gasteiger partial charge in [-0.15, -0.1) is 0 Å². The Morgan fingerprint density at radius 3 is 2.36 bits per heavy atom. The van der Waals surface area contributed by atoms with E-state index in [1.165, 1.54) is 5.32 Å². The fourth-order valence-electron chi connectivity index (χ4n) is 1.43. The van der Waals surface area contributed by atoms with Crippen LogP contribution in [-0.2, 0) is 9.59 Å². The Morgan fingerprint density at radius 1 is 1.18 bits per heavy atom. The van der Waals surface area contributed by atoms with Crippen LogP contribution in [0.25, 0.3) is 0 Å². The summed E-state index contributed by atoms with van der Waals surface area (Å²) in [6.07, 6.45) is -3.06. The quantitative estimate of drug-likeness (QED) is 0.759. The molecule has 5 nitrogen and oxygen atoms in total. The van der Waals surface area contributed by atoms with E-state index in [4.69, 9.17) is 4.74 Å². The largest absolute Gasteiger partial charge is 0.494 e. The van der Waals surface area contributed by atoms with Crippen molar-refractivity contribution in [1.29, 1.82) is 0 Å². The summed E-state index contributed by atoms with van der Waals surface area (Å²) in [4.78, 5) is 22.0. The zero-order chi connectivity index (χ0) is 16.6. The Bertz CT molecular complexity index is 501. The second kappa shape index (κ2) is 8.26. The van der Waals surface area contributed by atoms with Crippen LogP contribution in [0, 0.1) is 0 Å². The van der Waals surface area contributed by atoms with Crippen molar-refractivity contribution in [2.45, 2.75) is 25.9 Å². The van der Waals surface area contributed by atoms with Crippen molar-refractivity contribution in [2.75, 3.05) is 18.5 Å². The zero-order valence-electron chi connectivity index (χ0n) is 12.0. The van der Waals surface area contributed by atoms with Crippen molar-refractivity contribution in [3.05, 3.63) is 24.3 Å². The van der Waals surface area contributed by atoms with Crippen LogP contribution in [-0.4, -0.2) is 31.1 Å². The van der Waals surface area contributed by atoms with E-state index in [1.807, 2.05) is 6.92 Å². The number of amides is 2. The number of hydrogen-bond donors (Lipinski definition) is 2. The molecule has 1 aromatic carbocycles. The lowest BCUT2D eigenvalue weighted by Gasteiger charge is -2.09. The number of rotatable bonds is 7. The lowest BCUT2D eigenvalue weighted by Crippen LogP contribution is -2.41. The molecule has 0 bridgehead atoms. The first-order chi connectivity index (χ1) is 10.3. The van der Waals surface area contributed by atoms with Crippen LogP contribution in [0.3, 0.4) is 0 Å². The predicted octanol–water partition coefficient (Wildman–Crippen LogP) is 2.48. The topological polar surface area (TPSA) is 67.4 Å². The second-order valence-electron chi connectivity index (χ2n) is 4.46. The van der Waals surface area contributed by atoms with Crippen molar-refractivity contribution in [3.63, 3.8) is 0 Å². The van der Waals surface area contributed by atoms with Crippen LogP contribution in [0.5, 0.6) is 5.75 Å². The van der Waals surface area contributed by atoms with Crippen LogP contribution >= 0.6 is 0 Å². The van der Waals surface area contributed by atoms with Crippen LogP contribution < -0.4 is 15.4 Å². The zero-order valence-corrected chi connectivity index (χ0v) is 12.0. The molecule has 1 aromatic rings. The summed E-state index contributed by atoms with van der Waals surface area (Å²) >= 11 is 0. The molecule has 0 heterocycles. The molecule has 2 amide bonds. The van der Waals surface area contributed by atoms with Crippen molar-refractivity contribution >= 4 is 17.5 Å². The maximum Gasteiger partial charge on any atom is 0.471 e. The molecule has 8 heteroatoms. The molecule has 0 aliphatic rings. The van der Waals surface area contributed by atoms with Gasteiger partial charge in [0.1, 0.15) is 5.75 Å². The minimum Gasteiger partial charge on any atom is -0.494 e. The van der Waals surface area contributed by atoms with Gasteiger partial charge in [0.05, 0.1) is 13.2 Å². The highest BCUT2D eigenvalue weighted by atomic mass is 19.4. The number of hydrogen-bond acceptors (Lipinski definition) is 3. The number of unbranched alkanes of at least 4 members (excludes halogenated alkanes) is 1. The third-order valence-electron chi connectivity index (χ3n) is 2.57. The summed E-state index contributed by atoms with van der Waals surface area (Å²) in [5, 5.41) is 3.85. The number of alkyl halides is 3. The number of carbonyl (C=O) groups is 2. The van der Waals surface area contributed by atoms with E-state index in [2.05, 4.69) is 5.32 Å². The number of nitrogens with one attached hydrogen (secondary N) is 2. The van der Waals surface area contributed by atoms with Gasteiger partial charge in [0, 0.05) is 5.69 Å². The first kappa shape index (κ1) is 17.8. The molecule has 0 unspecified atom stereocenters. The molecule has 0 spiro atoms.